The summed E-state index contributed by atoms with van der Waals surface area (Å²) in [7, 11) is 1.69. The van der Waals surface area contributed by atoms with Gasteiger partial charge in [0.15, 0.2) is 5.96 Å². The maximum atomic E-state index is 5.78. The maximum absolute atomic E-state index is 5.78. The zero-order valence-electron chi connectivity index (χ0n) is 12.3. The first-order valence-corrected chi connectivity index (χ1v) is 7.83. The van der Waals surface area contributed by atoms with E-state index < -0.39 is 0 Å². The van der Waals surface area contributed by atoms with E-state index in [9.17, 15) is 0 Å². The SMILES string of the molecule is CCCCNC(N)=NCCCc1ccc(Br)cc1OC. The molecular formula is C15H24BrN3O. The van der Waals surface area contributed by atoms with E-state index in [0.29, 0.717) is 5.96 Å². The third-order valence-corrected chi connectivity index (χ3v) is 3.47. The third-order valence-electron chi connectivity index (χ3n) is 2.97. The van der Waals surface area contributed by atoms with E-state index in [2.05, 4.69) is 39.2 Å². The highest BCUT2D eigenvalue weighted by molar-refractivity contribution is 9.10. The van der Waals surface area contributed by atoms with Gasteiger partial charge >= 0.3 is 0 Å². The molecule has 1 aromatic carbocycles. The molecule has 20 heavy (non-hydrogen) atoms. The van der Waals surface area contributed by atoms with Crippen LogP contribution in [-0.4, -0.2) is 26.2 Å². The highest BCUT2D eigenvalue weighted by Crippen LogP contribution is 2.24. The minimum atomic E-state index is 0.543. The van der Waals surface area contributed by atoms with E-state index in [-0.39, 0.29) is 0 Å². The molecule has 0 bridgehead atoms. The lowest BCUT2D eigenvalue weighted by molar-refractivity contribution is 0.409. The monoisotopic (exact) mass is 341 g/mol. The summed E-state index contributed by atoms with van der Waals surface area (Å²) >= 11 is 3.44. The first kappa shape index (κ1) is 16.8. The van der Waals surface area contributed by atoms with E-state index in [4.69, 9.17) is 10.5 Å². The molecule has 4 nitrogen and oxygen atoms in total. The van der Waals surface area contributed by atoms with E-state index >= 15 is 0 Å². The number of aliphatic imine (C=N–C) groups is 1. The van der Waals surface area contributed by atoms with Gasteiger partial charge in [-0.05, 0) is 37.0 Å². The molecule has 0 saturated heterocycles. The van der Waals surface area contributed by atoms with Crippen LogP contribution in [0.2, 0.25) is 0 Å². The van der Waals surface area contributed by atoms with Crippen molar-refractivity contribution in [2.45, 2.75) is 32.6 Å². The molecule has 1 rings (SSSR count). The number of methoxy groups -OCH3 is 1. The van der Waals surface area contributed by atoms with Crippen molar-refractivity contribution in [1.29, 1.82) is 0 Å². The summed E-state index contributed by atoms with van der Waals surface area (Å²) in [5.41, 5.74) is 6.98. The summed E-state index contributed by atoms with van der Waals surface area (Å²) in [6.45, 7) is 3.77. The Morgan fingerprint density at radius 1 is 1.40 bits per heavy atom. The quantitative estimate of drug-likeness (QED) is 0.434. The fourth-order valence-electron chi connectivity index (χ4n) is 1.84. The van der Waals surface area contributed by atoms with Crippen LogP contribution >= 0.6 is 15.9 Å². The van der Waals surface area contributed by atoms with Crippen LogP contribution in [0.15, 0.2) is 27.7 Å². The number of benzene rings is 1. The highest BCUT2D eigenvalue weighted by atomic mass is 79.9. The van der Waals surface area contributed by atoms with Gasteiger partial charge in [0.05, 0.1) is 7.11 Å². The summed E-state index contributed by atoms with van der Waals surface area (Å²) in [5.74, 6) is 1.46. The average Bonchev–Trinajstić information content (AvgIpc) is 2.45. The van der Waals surface area contributed by atoms with Crippen molar-refractivity contribution in [3.63, 3.8) is 0 Å². The zero-order chi connectivity index (χ0) is 14.8. The maximum Gasteiger partial charge on any atom is 0.188 e. The van der Waals surface area contributed by atoms with Crippen LogP contribution in [0.25, 0.3) is 0 Å². The molecule has 0 aromatic heterocycles. The zero-order valence-corrected chi connectivity index (χ0v) is 13.9. The fraction of sp³-hybridized carbons (Fsp3) is 0.533. The summed E-state index contributed by atoms with van der Waals surface area (Å²) in [6.07, 6.45) is 4.16. The van der Waals surface area contributed by atoms with Gasteiger partial charge in [-0.15, -0.1) is 0 Å². The Hall–Kier alpha value is -1.23. The van der Waals surface area contributed by atoms with Crippen molar-refractivity contribution in [2.24, 2.45) is 10.7 Å². The molecule has 0 saturated carbocycles. The van der Waals surface area contributed by atoms with Crippen LogP contribution in [0.3, 0.4) is 0 Å². The van der Waals surface area contributed by atoms with Gasteiger partial charge in [0.25, 0.3) is 0 Å². The van der Waals surface area contributed by atoms with Crippen LogP contribution in [0.4, 0.5) is 0 Å². The molecule has 0 radical (unpaired) electrons. The Labute approximate surface area is 129 Å². The molecule has 0 unspecified atom stereocenters. The van der Waals surface area contributed by atoms with Crippen molar-refractivity contribution in [3.05, 3.63) is 28.2 Å². The lowest BCUT2D eigenvalue weighted by Crippen LogP contribution is -2.32. The number of nitrogens with one attached hydrogen (secondary N) is 1. The van der Waals surface area contributed by atoms with Crippen molar-refractivity contribution in [1.82, 2.24) is 5.32 Å². The molecule has 0 fully saturated rings. The van der Waals surface area contributed by atoms with Crippen molar-refractivity contribution in [3.8, 4) is 5.75 Å². The Balaban J connectivity index is 2.35. The molecule has 0 amide bonds. The lowest BCUT2D eigenvalue weighted by atomic mass is 10.1. The van der Waals surface area contributed by atoms with E-state index in [1.165, 1.54) is 5.56 Å². The fourth-order valence-corrected chi connectivity index (χ4v) is 2.18. The predicted octanol–water partition coefficient (Wildman–Crippen LogP) is 3.09. The van der Waals surface area contributed by atoms with Gasteiger partial charge in [-0.1, -0.05) is 35.3 Å². The van der Waals surface area contributed by atoms with E-state index in [1.54, 1.807) is 7.11 Å². The number of ether oxygens (including phenoxy) is 1. The standard InChI is InChI=1S/C15H24BrN3O/c1-3-4-9-18-15(17)19-10-5-6-12-7-8-13(16)11-14(12)20-2/h7-8,11H,3-6,9-10H2,1-2H3,(H3,17,18,19). The second-order valence-electron chi connectivity index (χ2n) is 4.61. The number of guanidine groups is 1. The van der Waals surface area contributed by atoms with Crippen LogP contribution in [0.1, 0.15) is 31.7 Å². The molecular weight excluding hydrogens is 318 g/mol. The predicted molar refractivity (Wildman–Crippen MR) is 88.4 cm³/mol. The van der Waals surface area contributed by atoms with E-state index in [1.807, 2.05) is 12.1 Å². The number of hydrogen-bond acceptors (Lipinski definition) is 2. The van der Waals surface area contributed by atoms with E-state index in [0.717, 1.165) is 49.0 Å². The second-order valence-corrected chi connectivity index (χ2v) is 5.52. The molecule has 0 aliphatic carbocycles. The largest absolute Gasteiger partial charge is 0.496 e. The topological polar surface area (TPSA) is 59.6 Å². The highest BCUT2D eigenvalue weighted by Gasteiger charge is 2.03. The first-order valence-electron chi connectivity index (χ1n) is 7.03. The summed E-state index contributed by atoms with van der Waals surface area (Å²) < 4.78 is 6.40. The van der Waals surface area contributed by atoms with Crippen LogP contribution < -0.4 is 15.8 Å². The molecule has 0 aliphatic rings. The van der Waals surface area contributed by atoms with Gasteiger partial charge < -0.3 is 15.8 Å². The van der Waals surface area contributed by atoms with Crippen molar-refractivity contribution in [2.75, 3.05) is 20.2 Å². The van der Waals surface area contributed by atoms with Gasteiger partial charge in [0.1, 0.15) is 5.75 Å². The minimum Gasteiger partial charge on any atom is -0.496 e. The van der Waals surface area contributed by atoms with Gasteiger partial charge in [0, 0.05) is 17.6 Å². The number of rotatable bonds is 8. The molecule has 112 valence electrons. The van der Waals surface area contributed by atoms with Gasteiger partial charge in [-0.2, -0.15) is 0 Å². The molecule has 0 spiro atoms. The molecule has 0 atom stereocenters. The van der Waals surface area contributed by atoms with Crippen LogP contribution in [0.5, 0.6) is 5.75 Å². The number of nitrogens with two attached hydrogens (primary N) is 1. The van der Waals surface area contributed by atoms with Crippen LogP contribution in [-0.2, 0) is 6.42 Å². The molecule has 0 aliphatic heterocycles. The molecule has 0 heterocycles. The number of nitrogens with zero attached hydrogens (tertiary/aromatic N) is 1. The number of halogens is 1. The van der Waals surface area contributed by atoms with Crippen LogP contribution in [0, 0.1) is 0 Å². The number of hydrogen-bond donors (Lipinski definition) is 2. The van der Waals surface area contributed by atoms with Gasteiger partial charge in [0.2, 0.25) is 0 Å². The molecule has 1 aromatic rings. The molecule has 3 N–H and O–H groups in total. The Bertz CT molecular complexity index is 435. The first-order chi connectivity index (χ1) is 9.67. The smallest absolute Gasteiger partial charge is 0.188 e. The third kappa shape index (κ3) is 6.28. The number of aryl methyl sites for hydroxylation is 1. The second kappa shape index (κ2) is 9.64. The number of unbranched alkanes of at least 4 members (excludes halogenated alkanes) is 1. The Morgan fingerprint density at radius 3 is 2.90 bits per heavy atom. The summed E-state index contributed by atoms with van der Waals surface area (Å²) in [5, 5.41) is 3.11. The normalized spacial score (nSPS) is 11.4. The van der Waals surface area contributed by atoms with Crippen molar-refractivity contribution < 1.29 is 4.74 Å². The summed E-state index contributed by atoms with van der Waals surface area (Å²) in [6, 6.07) is 6.09. The Morgan fingerprint density at radius 2 is 2.20 bits per heavy atom. The van der Waals surface area contributed by atoms with Crippen molar-refractivity contribution >= 4 is 21.9 Å². The lowest BCUT2D eigenvalue weighted by Gasteiger charge is -2.08. The minimum absolute atomic E-state index is 0.543. The molecule has 5 heteroatoms. The van der Waals surface area contributed by atoms with Gasteiger partial charge in [-0.3, -0.25) is 4.99 Å². The average molecular weight is 342 g/mol. The summed E-state index contributed by atoms with van der Waals surface area (Å²) in [4.78, 5) is 4.32. The van der Waals surface area contributed by atoms with Gasteiger partial charge in [-0.25, -0.2) is 0 Å². The Kier molecular flexibility index (Phi) is 8.11.